The van der Waals surface area contributed by atoms with E-state index in [1.165, 1.54) is 11.8 Å². The van der Waals surface area contributed by atoms with Crippen molar-refractivity contribution < 1.29 is 14.6 Å². The van der Waals surface area contributed by atoms with Crippen molar-refractivity contribution in [3.63, 3.8) is 0 Å². The first-order valence-corrected chi connectivity index (χ1v) is 7.40. The van der Waals surface area contributed by atoms with Crippen molar-refractivity contribution in [1.29, 1.82) is 0 Å². The van der Waals surface area contributed by atoms with Crippen molar-refractivity contribution in [3.05, 3.63) is 11.9 Å². The summed E-state index contributed by atoms with van der Waals surface area (Å²) in [6, 6.07) is 0.336. The Bertz CT molecular complexity index is 470. The molecule has 0 amide bonds. The Morgan fingerprint density at radius 2 is 2.42 bits per heavy atom. The van der Waals surface area contributed by atoms with Crippen molar-refractivity contribution in [1.82, 2.24) is 9.55 Å². The Labute approximate surface area is 117 Å². The molecule has 0 radical (unpaired) electrons. The Kier molecular flexibility index (Phi) is 4.20. The zero-order valence-corrected chi connectivity index (χ0v) is 12.4. The zero-order chi connectivity index (χ0) is 14.0. The number of rotatable bonds is 4. The van der Waals surface area contributed by atoms with Crippen LogP contribution in [0.4, 0.5) is 0 Å². The van der Waals surface area contributed by atoms with E-state index < -0.39 is 5.97 Å². The van der Waals surface area contributed by atoms with Gasteiger partial charge in [-0.15, -0.1) is 0 Å². The van der Waals surface area contributed by atoms with Crippen molar-refractivity contribution in [2.24, 2.45) is 0 Å². The van der Waals surface area contributed by atoms with E-state index in [2.05, 4.69) is 23.4 Å². The van der Waals surface area contributed by atoms with Gasteiger partial charge in [0.05, 0.1) is 11.4 Å². The maximum atomic E-state index is 10.7. The summed E-state index contributed by atoms with van der Waals surface area (Å²) >= 11 is 1.28. The van der Waals surface area contributed by atoms with Gasteiger partial charge >= 0.3 is 5.97 Å². The summed E-state index contributed by atoms with van der Waals surface area (Å²) in [7, 11) is 0. The van der Waals surface area contributed by atoms with E-state index in [9.17, 15) is 4.79 Å². The average molecular weight is 284 g/mol. The van der Waals surface area contributed by atoms with Crippen molar-refractivity contribution in [3.8, 4) is 0 Å². The molecular weight excluding hydrogens is 264 g/mol. The lowest BCUT2D eigenvalue weighted by Crippen LogP contribution is -2.35. The van der Waals surface area contributed by atoms with Gasteiger partial charge in [-0.05, 0) is 33.6 Å². The van der Waals surface area contributed by atoms with E-state index in [0.717, 1.165) is 30.3 Å². The Morgan fingerprint density at radius 3 is 3.05 bits per heavy atom. The summed E-state index contributed by atoms with van der Waals surface area (Å²) in [6.45, 7) is 6.93. The lowest BCUT2D eigenvalue weighted by molar-refractivity contribution is -0.133. The molecule has 0 saturated carbocycles. The average Bonchev–Trinajstić information content (AvgIpc) is 2.66. The van der Waals surface area contributed by atoms with Crippen molar-refractivity contribution >= 4 is 17.7 Å². The molecule has 0 aromatic carbocycles. The highest BCUT2D eigenvalue weighted by Crippen LogP contribution is 2.35. The van der Waals surface area contributed by atoms with E-state index in [1.54, 1.807) is 0 Å². The topological polar surface area (TPSA) is 64.3 Å². The van der Waals surface area contributed by atoms with Crippen LogP contribution in [-0.4, -0.2) is 38.6 Å². The van der Waals surface area contributed by atoms with E-state index in [1.807, 2.05) is 13.1 Å². The number of ether oxygens (including phenoxy) is 1. The molecule has 2 rings (SSSR count). The minimum absolute atomic E-state index is 0.0447. The first-order chi connectivity index (χ1) is 8.89. The van der Waals surface area contributed by atoms with Crippen LogP contribution < -0.4 is 0 Å². The molecule has 1 aliphatic rings. The minimum Gasteiger partial charge on any atom is -0.481 e. The summed E-state index contributed by atoms with van der Waals surface area (Å²) in [5.41, 5.74) is 0.949. The molecule has 5 nitrogen and oxygen atoms in total. The van der Waals surface area contributed by atoms with Gasteiger partial charge in [-0.25, -0.2) is 4.98 Å². The fourth-order valence-corrected chi connectivity index (χ4v) is 3.33. The summed E-state index contributed by atoms with van der Waals surface area (Å²) in [5.74, 6) is -0.771. The van der Waals surface area contributed by atoms with Gasteiger partial charge in [0.25, 0.3) is 0 Å². The summed E-state index contributed by atoms with van der Waals surface area (Å²) in [4.78, 5) is 15.0. The molecular formula is C13H20N2O3S. The first-order valence-electron chi connectivity index (χ1n) is 6.41. The van der Waals surface area contributed by atoms with E-state index in [0.29, 0.717) is 6.04 Å². The molecule has 1 aromatic rings. The number of hydrogen-bond acceptors (Lipinski definition) is 4. The summed E-state index contributed by atoms with van der Waals surface area (Å²) in [6.07, 6.45) is 3.68. The monoisotopic (exact) mass is 284 g/mol. The molecule has 0 bridgehead atoms. The Balaban J connectivity index is 2.18. The van der Waals surface area contributed by atoms with Crippen LogP contribution in [0.2, 0.25) is 0 Å². The van der Waals surface area contributed by atoms with Crippen molar-refractivity contribution in [2.45, 2.75) is 50.4 Å². The second-order valence-corrected chi connectivity index (χ2v) is 6.43. The van der Waals surface area contributed by atoms with Crippen LogP contribution in [0, 0.1) is 6.92 Å². The van der Waals surface area contributed by atoms with Gasteiger partial charge in [0.1, 0.15) is 0 Å². The molecule has 1 unspecified atom stereocenters. The Morgan fingerprint density at radius 1 is 1.68 bits per heavy atom. The zero-order valence-electron chi connectivity index (χ0n) is 11.5. The standard InChI is InChI=1S/C13H20N2O3S/c1-9-7-14-12(19-8-11(16)17)15(9)10-4-5-18-13(2,3)6-10/h7,10H,4-6,8H2,1-3H3,(H,16,17). The van der Waals surface area contributed by atoms with E-state index in [-0.39, 0.29) is 11.4 Å². The van der Waals surface area contributed by atoms with Gasteiger partial charge in [-0.1, -0.05) is 11.8 Å². The number of carboxylic acids is 1. The van der Waals surface area contributed by atoms with Crippen LogP contribution in [-0.2, 0) is 9.53 Å². The van der Waals surface area contributed by atoms with E-state index >= 15 is 0 Å². The number of carboxylic acid groups (broad SMARTS) is 1. The SMILES string of the molecule is Cc1cnc(SCC(=O)O)n1C1CCOC(C)(C)C1. The number of aliphatic carboxylic acids is 1. The lowest BCUT2D eigenvalue weighted by Gasteiger charge is -2.37. The van der Waals surface area contributed by atoms with Crippen LogP contribution in [0.3, 0.4) is 0 Å². The maximum absolute atomic E-state index is 10.7. The van der Waals surface area contributed by atoms with Gasteiger partial charge < -0.3 is 14.4 Å². The highest BCUT2D eigenvalue weighted by Gasteiger charge is 2.31. The van der Waals surface area contributed by atoms with E-state index in [4.69, 9.17) is 9.84 Å². The van der Waals surface area contributed by atoms with Crippen LogP contribution in [0.15, 0.2) is 11.4 Å². The second kappa shape index (κ2) is 5.54. The third-order valence-corrected chi connectivity index (χ3v) is 4.26. The molecule has 19 heavy (non-hydrogen) atoms. The number of aromatic nitrogens is 2. The second-order valence-electron chi connectivity index (χ2n) is 5.49. The minimum atomic E-state index is -0.815. The summed E-state index contributed by atoms with van der Waals surface area (Å²) in [5, 5.41) is 9.58. The van der Waals surface area contributed by atoms with Crippen LogP contribution >= 0.6 is 11.8 Å². The molecule has 1 fully saturated rings. The Hall–Kier alpha value is -1.01. The number of carbonyl (C=O) groups is 1. The number of aryl methyl sites for hydroxylation is 1. The number of hydrogen-bond donors (Lipinski definition) is 1. The molecule has 106 valence electrons. The quantitative estimate of drug-likeness (QED) is 0.861. The molecule has 1 aliphatic heterocycles. The third kappa shape index (κ3) is 3.51. The first kappa shape index (κ1) is 14.4. The molecule has 0 aliphatic carbocycles. The highest BCUT2D eigenvalue weighted by molar-refractivity contribution is 7.99. The third-order valence-electron chi connectivity index (χ3n) is 3.31. The van der Waals surface area contributed by atoms with Gasteiger partial charge in [0.15, 0.2) is 5.16 Å². The number of nitrogens with zero attached hydrogens (tertiary/aromatic N) is 2. The predicted octanol–water partition coefficient (Wildman–Crippen LogP) is 2.50. The predicted molar refractivity (Wildman–Crippen MR) is 73.6 cm³/mol. The lowest BCUT2D eigenvalue weighted by atomic mass is 9.94. The number of imidazole rings is 1. The van der Waals surface area contributed by atoms with Gasteiger partial charge in [0, 0.05) is 24.5 Å². The van der Waals surface area contributed by atoms with Gasteiger partial charge in [0.2, 0.25) is 0 Å². The van der Waals surface area contributed by atoms with Crippen LogP contribution in [0.25, 0.3) is 0 Å². The molecule has 0 spiro atoms. The van der Waals surface area contributed by atoms with Crippen LogP contribution in [0.1, 0.15) is 38.4 Å². The normalized spacial score (nSPS) is 22.4. The smallest absolute Gasteiger partial charge is 0.313 e. The van der Waals surface area contributed by atoms with Crippen LogP contribution in [0.5, 0.6) is 0 Å². The molecule has 2 heterocycles. The molecule has 1 atom stereocenters. The molecule has 1 aromatic heterocycles. The largest absolute Gasteiger partial charge is 0.481 e. The van der Waals surface area contributed by atoms with Gasteiger partial charge in [-0.3, -0.25) is 4.79 Å². The number of thioether (sulfide) groups is 1. The van der Waals surface area contributed by atoms with Crippen molar-refractivity contribution in [2.75, 3.05) is 12.4 Å². The van der Waals surface area contributed by atoms with Gasteiger partial charge in [-0.2, -0.15) is 0 Å². The maximum Gasteiger partial charge on any atom is 0.313 e. The molecule has 1 saturated heterocycles. The highest BCUT2D eigenvalue weighted by atomic mass is 32.2. The molecule has 6 heteroatoms. The molecule has 1 N–H and O–H groups in total. The fourth-order valence-electron chi connectivity index (χ4n) is 2.52. The fraction of sp³-hybridized carbons (Fsp3) is 0.692. The summed E-state index contributed by atoms with van der Waals surface area (Å²) < 4.78 is 7.90.